The Balaban J connectivity index is 2.01. The van der Waals surface area contributed by atoms with Crippen molar-refractivity contribution in [2.75, 3.05) is 6.54 Å². The number of nitrogens with zero attached hydrogens (tertiary/aromatic N) is 3. The minimum absolute atomic E-state index is 0.00968. The SMILES string of the molecule is Cn1nccc1C(=O)CC1CCCN1C(=O)OC(C)(C)C. The topological polar surface area (TPSA) is 64.4 Å². The number of aromatic nitrogens is 2. The summed E-state index contributed by atoms with van der Waals surface area (Å²) in [5.41, 5.74) is 0.0574. The van der Waals surface area contributed by atoms with E-state index in [2.05, 4.69) is 5.10 Å². The molecule has 2 rings (SSSR count). The Labute approximate surface area is 125 Å². The third kappa shape index (κ3) is 3.83. The van der Waals surface area contributed by atoms with E-state index in [1.807, 2.05) is 20.8 Å². The van der Waals surface area contributed by atoms with Crippen LogP contribution in [0.15, 0.2) is 12.3 Å². The summed E-state index contributed by atoms with van der Waals surface area (Å²) < 4.78 is 6.97. The van der Waals surface area contributed by atoms with Crippen molar-refractivity contribution in [1.29, 1.82) is 0 Å². The van der Waals surface area contributed by atoms with E-state index in [1.165, 1.54) is 0 Å². The Morgan fingerprint density at radius 1 is 1.43 bits per heavy atom. The molecule has 1 unspecified atom stereocenters. The molecule has 0 saturated carbocycles. The first kappa shape index (κ1) is 15.5. The van der Waals surface area contributed by atoms with Crippen molar-refractivity contribution in [3.63, 3.8) is 0 Å². The first-order valence-corrected chi connectivity index (χ1v) is 7.29. The lowest BCUT2D eigenvalue weighted by atomic mass is 10.1. The van der Waals surface area contributed by atoms with Gasteiger partial charge in [0.2, 0.25) is 0 Å². The van der Waals surface area contributed by atoms with Crippen LogP contribution in [0.5, 0.6) is 0 Å². The van der Waals surface area contributed by atoms with Gasteiger partial charge in [-0.05, 0) is 39.7 Å². The van der Waals surface area contributed by atoms with Crippen LogP contribution in [0.1, 0.15) is 50.5 Å². The van der Waals surface area contributed by atoms with Crippen LogP contribution in [0.25, 0.3) is 0 Å². The van der Waals surface area contributed by atoms with Crippen LogP contribution in [-0.2, 0) is 11.8 Å². The van der Waals surface area contributed by atoms with Crippen molar-refractivity contribution in [2.45, 2.75) is 51.7 Å². The Hall–Kier alpha value is -1.85. The summed E-state index contributed by atoms with van der Waals surface area (Å²) in [6.45, 7) is 6.18. The smallest absolute Gasteiger partial charge is 0.410 e. The fourth-order valence-electron chi connectivity index (χ4n) is 2.57. The number of carbonyl (C=O) groups is 2. The van der Waals surface area contributed by atoms with Crippen LogP contribution in [0.4, 0.5) is 4.79 Å². The summed E-state index contributed by atoms with van der Waals surface area (Å²) >= 11 is 0. The lowest BCUT2D eigenvalue weighted by Crippen LogP contribution is -2.40. The highest BCUT2D eigenvalue weighted by atomic mass is 16.6. The van der Waals surface area contributed by atoms with Gasteiger partial charge in [-0.3, -0.25) is 9.48 Å². The zero-order valence-electron chi connectivity index (χ0n) is 13.1. The molecule has 1 amide bonds. The third-order valence-electron chi connectivity index (χ3n) is 3.53. The zero-order chi connectivity index (χ0) is 15.6. The quantitative estimate of drug-likeness (QED) is 0.803. The summed E-state index contributed by atoms with van der Waals surface area (Å²) in [5, 5.41) is 4.01. The van der Waals surface area contributed by atoms with Crippen molar-refractivity contribution in [1.82, 2.24) is 14.7 Å². The van der Waals surface area contributed by atoms with Crippen LogP contribution in [0.2, 0.25) is 0 Å². The summed E-state index contributed by atoms with van der Waals surface area (Å²) in [6.07, 6.45) is 3.33. The normalized spacial score (nSPS) is 18.9. The van der Waals surface area contributed by atoms with Crippen LogP contribution in [0, 0.1) is 0 Å². The molecule has 1 atom stereocenters. The predicted molar refractivity (Wildman–Crippen MR) is 78.1 cm³/mol. The standard InChI is InChI=1S/C15H23N3O3/c1-15(2,3)21-14(20)18-9-5-6-11(18)10-13(19)12-7-8-16-17(12)4/h7-8,11H,5-6,9-10H2,1-4H3. The first-order chi connectivity index (χ1) is 9.78. The van der Waals surface area contributed by atoms with Gasteiger partial charge in [0.05, 0.1) is 0 Å². The van der Waals surface area contributed by atoms with Gasteiger partial charge in [0.15, 0.2) is 5.78 Å². The van der Waals surface area contributed by atoms with Crippen LogP contribution in [-0.4, -0.2) is 44.7 Å². The number of aryl methyl sites for hydroxylation is 1. The highest BCUT2D eigenvalue weighted by Crippen LogP contribution is 2.24. The predicted octanol–water partition coefficient (Wildman–Crippen LogP) is 2.39. The summed E-state index contributed by atoms with van der Waals surface area (Å²) in [4.78, 5) is 26.2. The minimum Gasteiger partial charge on any atom is -0.444 e. The molecule has 6 heteroatoms. The molecule has 6 nitrogen and oxygen atoms in total. The Bertz CT molecular complexity index is 531. The first-order valence-electron chi connectivity index (χ1n) is 7.29. The molecule has 1 aromatic rings. The van der Waals surface area contributed by atoms with Gasteiger partial charge in [0.1, 0.15) is 11.3 Å². The number of hydrogen-bond donors (Lipinski definition) is 0. The van der Waals surface area contributed by atoms with E-state index in [-0.39, 0.29) is 17.9 Å². The van der Waals surface area contributed by atoms with Crippen molar-refractivity contribution in [2.24, 2.45) is 7.05 Å². The van der Waals surface area contributed by atoms with Gasteiger partial charge in [-0.15, -0.1) is 0 Å². The Morgan fingerprint density at radius 2 is 2.14 bits per heavy atom. The molecular weight excluding hydrogens is 270 g/mol. The number of likely N-dealkylation sites (tertiary alicyclic amines) is 1. The molecule has 21 heavy (non-hydrogen) atoms. The monoisotopic (exact) mass is 293 g/mol. The maximum absolute atomic E-state index is 12.3. The van der Waals surface area contributed by atoms with Gasteiger partial charge >= 0.3 is 6.09 Å². The Kier molecular flexibility index (Phi) is 4.34. The maximum atomic E-state index is 12.3. The second-order valence-electron chi connectivity index (χ2n) is 6.44. The number of ether oxygens (including phenoxy) is 1. The molecule has 1 saturated heterocycles. The highest BCUT2D eigenvalue weighted by Gasteiger charge is 2.33. The molecule has 116 valence electrons. The van der Waals surface area contributed by atoms with Gasteiger partial charge in [0.25, 0.3) is 0 Å². The molecule has 1 fully saturated rings. The largest absolute Gasteiger partial charge is 0.444 e. The number of amides is 1. The van der Waals surface area contributed by atoms with E-state index in [4.69, 9.17) is 4.74 Å². The van der Waals surface area contributed by atoms with E-state index in [0.717, 1.165) is 12.8 Å². The van der Waals surface area contributed by atoms with Crippen LogP contribution < -0.4 is 0 Å². The van der Waals surface area contributed by atoms with E-state index in [1.54, 1.807) is 28.9 Å². The van der Waals surface area contributed by atoms with E-state index in [9.17, 15) is 9.59 Å². The average molecular weight is 293 g/mol. The summed E-state index contributed by atoms with van der Waals surface area (Å²) in [6, 6.07) is 1.62. The number of rotatable bonds is 3. The van der Waals surface area contributed by atoms with Gasteiger partial charge in [-0.2, -0.15) is 5.10 Å². The van der Waals surface area contributed by atoms with Crippen LogP contribution in [0.3, 0.4) is 0 Å². The summed E-state index contributed by atoms with van der Waals surface area (Å²) in [5.74, 6) is 0.00968. The molecule has 2 heterocycles. The lowest BCUT2D eigenvalue weighted by molar-refractivity contribution is 0.0223. The van der Waals surface area contributed by atoms with Crippen molar-refractivity contribution in [3.05, 3.63) is 18.0 Å². The molecule has 0 aliphatic carbocycles. The lowest BCUT2D eigenvalue weighted by Gasteiger charge is -2.28. The molecule has 0 bridgehead atoms. The van der Waals surface area contributed by atoms with E-state index >= 15 is 0 Å². The van der Waals surface area contributed by atoms with Crippen molar-refractivity contribution in [3.8, 4) is 0 Å². The average Bonchev–Trinajstić information content (AvgIpc) is 2.95. The molecule has 1 aliphatic heterocycles. The second-order valence-corrected chi connectivity index (χ2v) is 6.44. The summed E-state index contributed by atoms with van der Waals surface area (Å²) in [7, 11) is 1.74. The maximum Gasteiger partial charge on any atom is 0.410 e. The minimum atomic E-state index is -0.518. The van der Waals surface area contributed by atoms with E-state index in [0.29, 0.717) is 18.7 Å². The third-order valence-corrected chi connectivity index (χ3v) is 3.53. The zero-order valence-corrected chi connectivity index (χ0v) is 13.1. The highest BCUT2D eigenvalue weighted by molar-refractivity contribution is 5.95. The molecule has 0 N–H and O–H groups in total. The van der Waals surface area contributed by atoms with Gasteiger partial charge in [-0.25, -0.2) is 4.79 Å². The molecular formula is C15H23N3O3. The molecule has 0 radical (unpaired) electrons. The number of hydrogen-bond acceptors (Lipinski definition) is 4. The second kappa shape index (κ2) is 5.87. The fourth-order valence-corrected chi connectivity index (χ4v) is 2.57. The molecule has 0 spiro atoms. The van der Waals surface area contributed by atoms with Crippen molar-refractivity contribution >= 4 is 11.9 Å². The molecule has 0 aromatic carbocycles. The fraction of sp³-hybridized carbons (Fsp3) is 0.667. The van der Waals surface area contributed by atoms with Gasteiger partial charge in [-0.1, -0.05) is 0 Å². The number of ketones is 1. The molecule has 1 aliphatic rings. The van der Waals surface area contributed by atoms with Gasteiger partial charge < -0.3 is 9.64 Å². The van der Waals surface area contributed by atoms with Crippen molar-refractivity contribution < 1.29 is 14.3 Å². The van der Waals surface area contributed by atoms with Gasteiger partial charge in [0, 0.05) is 32.3 Å². The number of Topliss-reactive ketones (excluding diaryl/α,β-unsaturated/α-hetero) is 1. The molecule has 1 aromatic heterocycles. The van der Waals surface area contributed by atoms with Crippen LogP contribution >= 0.6 is 0 Å². The number of carbonyl (C=O) groups excluding carboxylic acids is 2. The Morgan fingerprint density at radius 3 is 2.71 bits per heavy atom. The van der Waals surface area contributed by atoms with E-state index < -0.39 is 5.60 Å².